The summed E-state index contributed by atoms with van der Waals surface area (Å²) in [5, 5.41) is 10.3. The highest BCUT2D eigenvalue weighted by Crippen LogP contribution is 2.39. The Balaban J connectivity index is 0.00000240. The molecule has 0 fully saturated rings. The Hall–Kier alpha value is -3.36. The molecule has 150 valence electrons. The zero-order valence-electron chi connectivity index (χ0n) is 15.5. The highest BCUT2D eigenvalue weighted by molar-refractivity contribution is 6.39. The average Bonchev–Trinajstić information content (AvgIpc) is 3.23. The van der Waals surface area contributed by atoms with Crippen molar-refractivity contribution in [2.45, 2.75) is 0 Å². The molecule has 0 saturated carbocycles. The number of para-hydroxylation sites is 1. The Morgan fingerprint density at radius 3 is 2.62 bits per heavy atom. The first-order chi connectivity index (χ1) is 13.6. The van der Waals surface area contributed by atoms with Gasteiger partial charge >= 0.3 is 5.97 Å². The van der Waals surface area contributed by atoms with E-state index in [1.54, 1.807) is 18.2 Å². The van der Waals surface area contributed by atoms with Gasteiger partial charge in [-0.05, 0) is 24.3 Å². The fourth-order valence-corrected chi connectivity index (χ4v) is 3.23. The molecule has 0 saturated heterocycles. The number of oxime groups is 1. The van der Waals surface area contributed by atoms with E-state index < -0.39 is 5.97 Å². The largest absolute Gasteiger partial charge is 0.465 e. The molecule has 0 aromatic heterocycles. The lowest BCUT2D eigenvalue weighted by Gasteiger charge is -2.07. The van der Waals surface area contributed by atoms with Gasteiger partial charge in [0.15, 0.2) is 0 Å². The number of carbonyl (C=O) groups excluding carboxylic acids is 2. The molecule has 0 spiro atoms. The fraction of sp³-hybridized carbons (Fsp3) is 0.150. The van der Waals surface area contributed by atoms with Crippen LogP contribution in [0, 0.1) is 0 Å². The van der Waals surface area contributed by atoms with Gasteiger partial charge in [0.1, 0.15) is 12.3 Å². The summed E-state index contributed by atoms with van der Waals surface area (Å²) >= 11 is 0. The number of halogens is 1. The van der Waals surface area contributed by atoms with Gasteiger partial charge < -0.3 is 25.9 Å². The molecule has 2 heterocycles. The molecule has 2 aromatic carbocycles. The van der Waals surface area contributed by atoms with Gasteiger partial charge in [0.25, 0.3) is 5.91 Å². The zero-order chi connectivity index (χ0) is 19.7. The first kappa shape index (κ1) is 20.4. The first-order valence-corrected chi connectivity index (χ1v) is 8.69. The summed E-state index contributed by atoms with van der Waals surface area (Å²) in [6, 6.07) is 12.5. The van der Waals surface area contributed by atoms with Crippen LogP contribution >= 0.6 is 12.4 Å². The number of ether oxygens (including phenoxy) is 1. The van der Waals surface area contributed by atoms with E-state index in [-0.39, 0.29) is 24.9 Å². The second-order valence-electron chi connectivity index (χ2n) is 6.19. The van der Waals surface area contributed by atoms with Gasteiger partial charge in [0.2, 0.25) is 0 Å². The molecule has 2 aliphatic rings. The summed E-state index contributed by atoms with van der Waals surface area (Å²) < 4.78 is 4.79. The van der Waals surface area contributed by atoms with Crippen LogP contribution in [-0.4, -0.2) is 37.8 Å². The Morgan fingerprint density at radius 2 is 1.86 bits per heavy atom. The Kier molecular flexibility index (Phi) is 5.86. The summed E-state index contributed by atoms with van der Waals surface area (Å²) in [4.78, 5) is 30.0. The van der Waals surface area contributed by atoms with Gasteiger partial charge in [-0.2, -0.15) is 0 Å². The third-order valence-electron chi connectivity index (χ3n) is 4.48. The topological polar surface area (TPSA) is 115 Å². The number of fused-ring (bicyclic) bond motifs is 2. The molecule has 4 rings (SSSR count). The molecule has 0 bridgehead atoms. The van der Waals surface area contributed by atoms with Gasteiger partial charge in [-0.25, -0.2) is 4.79 Å². The number of rotatable bonds is 4. The maximum atomic E-state index is 12.8. The molecular formula is C20H19ClN4O4. The third-order valence-corrected chi connectivity index (χ3v) is 4.48. The molecule has 1 amide bonds. The van der Waals surface area contributed by atoms with Gasteiger partial charge in [0.05, 0.1) is 23.9 Å². The molecule has 9 heteroatoms. The highest BCUT2D eigenvalue weighted by Gasteiger charge is 2.34. The van der Waals surface area contributed by atoms with Crippen molar-refractivity contribution >= 4 is 46.9 Å². The zero-order valence-corrected chi connectivity index (χ0v) is 16.3. The van der Waals surface area contributed by atoms with Crippen LogP contribution in [0.5, 0.6) is 0 Å². The summed E-state index contributed by atoms with van der Waals surface area (Å²) in [6.07, 6.45) is 0. The highest BCUT2D eigenvalue weighted by atomic mass is 35.5. The monoisotopic (exact) mass is 414 g/mol. The number of methoxy groups -OCH3 is 1. The number of esters is 1. The first-order valence-electron chi connectivity index (χ1n) is 8.69. The van der Waals surface area contributed by atoms with E-state index in [4.69, 9.17) is 15.3 Å². The number of nitrogens with two attached hydrogens (primary N) is 1. The molecule has 4 N–H and O–H groups in total. The number of nitrogens with one attached hydrogen (secondary N) is 2. The van der Waals surface area contributed by atoms with E-state index in [0.29, 0.717) is 40.3 Å². The Bertz CT molecular complexity index is 1050. The maximum absolute atomic E-state index is 12.8. The SMILES string of the molecule is COC(=O)c1ccc2c(c1)/C(=C1/Nc3ccccc3/C1=N\OCCN)C(=O)N2.Cl. The van der Waals surface area contributed by atoms with Crippen molar-refractivity contribution in [1.29, 1.82) is 0 Å². The summed E-state index contributed by atoms with van der Waals surface area (Å²) in [7, 11) is 1.31. The number of hydrogen-bond acceptors (Lipinski definition) is 7. The lowest BCUT2D eigenvalue weighted by atomic mass is 9.99. The van der Waals surface area contributed by atoms with Crippen LogP contribution in [0.3, 0.4) is 0 Å². The van der Waals surface area contributed by atoms with Gasteiger partial charge in [0, 0.05) is 29.0 Å². The number of anilines is 2. The van der Waals surface area contributed by atoms with Crippen LogP contribution in [0.2, 0.25) is 0 Å². The van der Waals surface area contributed by atoms with Crippen LogP contribution in [0.4, 0.5) is 11.4 Å². The van der Waals surface area contributed by atoms with Crippen molar-refractivity contribution in [2.75, 3.05) is 30.9 Å². The quantitative estimate of drug-likeness (QED) is 0.306. The minimum Gasteiger partial charge on any atom is -0.465 e. The Morgan fingerprint density at radius 1 is 1.10 bits per heavy atom. The molecule has 8 nitrogen and oxygen atoms in total. The number of allylic oxidation sites excluding steroid dienone is 1. The number of nitrogens with zero attached hydrogens (tertiary/aromatic N) is 1. The smallest absolute Gasteiger partial charge is 0.337 e. The van der Waals surface area contributed by atoms with E-state index in [0.717, 1.165) is 11.3 Å². The van der Waals surface area contributed by atoms with Crippen LogP contribution in [-0.2, 0) is 14.4 Å². The fourth-order valence-electron chi connectivity index (χ4n) is 3.23. The molecule has 0 aliphatic carbocycles. The molecular weight excluding hydrogens is 396 g/mol. The predicted octanol–water partition coefficient (Wildman–Crippen LogP) is 2.36. The van der Waals surface area contributed by atoms with E-state index in [1.807, 2.05) is 24.3 Å². The number of benzene rings is 2. The van der Waals surface area contributed by atoms with Crippen LogP contribution in [0.1, 0.15) is 21.5 Å². The molecule has 29 heavy (non-hydrogen) atoms. The average molecular weight is 415 g/mol. The van der Waals surface area contributed by atoms with Gasteiger partial charge in [-0.15, -0.1) is 12.4 Å². The maximum Gasteiger partial charge on any atom is 0.337 e. The molecule has 2 aromatic rings. The van der Waals surface area contributed by atoms with E-state index in [2.05, 4.69) is 15.8 Å². The second-order valence-corrected chi connectivity index (χ2v) is 6.19. The minimum absolute atomic E-state index is 0. The summed E-state index contributed by atoms with van der Waals surface area (Å²) in [5.74, 6) is -0.770. The normalized spacial score (nSPS) is 17.7. The number of amides is 1. The van der Waals surface area contributed by atoms with Crippen molar-refractivity contribution in [3.8, 4) is 0 Å². The van der Waals surface area contributed by atoms with Crippen molar-refractivity contribution < 1.29 is 19.2 Å². The standard InChI is InChI=1S/C20H18N4O4.ClH/c1-27-20(26)11-6-7-15-13(10-11)16(19(25)23-15)18-17(24-28-9-8-21)12-4-2-3-5-14(12)22-18;/h2-7,10,22H,8-9,21H2,1H3,(H,23,25);1H/b18-16-,24-17+;. The van der Waals surface area contributed by atoms with E-state index in [1.165, 1.54) is 7.11 Å². The van der Waals surface area contributed by atoms with Gasteiger partial charge in [-0.3, -0.25) is 4.79 Å². The van der Waals surface area contributed by atoms with Crippen molar-refractivity contribution in [2.24, 2.45) is 10.9 Å². The molecule has 0 atom stereocenters. The van der Waals surface area contributed by atoms with Gasteiger partial charge in [-0.1, -0.05) is 23.4 Å². The van der Waals surface area contributed by atoms with Crippen LogP contribution in [0.25, 0.3) is 5.57 Å². The lowest BCUT2D eigenvalue weighted by Crippen LogP contribution is -2.13. The summed E-state index contributed by atoms with van der Waals surface area (Å²) in [6.45, 7) is 0.577. The molecule has 0 radical (unpaired) electrons. The predicted molar refractivity (Wildman–Crippen MR) is 112 cm³/mol. The van der Waals surface area contributed by atoms with Crippen LogP contribution in [0.15, 0.2) is 53.3 Å². The van der Waals surface area contributed by atoms with E-state index in [9.17, 15) is 9.59 Å². The minimum atomic E-state index is -0.477. The van der Waals surface area contributed by atoms with Crippen molar-refractivity contribution in [3.05, 3.63) is 64.9 Å². The van der Waals surface area contributed by atoms with Crippen molar-refractivity contribution in [3.63, 3.8) is 0 Å². The van der Waals surface area contributed by atoms with E-state index >= 15 is 0 Å². The second kappa shape index (κ2) is 8.34. The molecule has 0 unspecified atom stereocenters. The molecule has 2 aliphatic heterocycles. The van der Waals surface area contributed by atoms with Crippen molar-refractivity contribution in [1.82, 2.24) is 0 Å². The number of carbonyl (C=O) groups is 2. The van der Waals surface area contributed by atoms with Crippen LogP contribution < -0.4 is 16.4 Å². The Labute approximate surface area is 173 Å². The number of hydrogen-bond donors (Lipinski definition) is 3. The lowest BCUT2D eigenvalue weighted by molar-refractivity contribution is -0.110. The summed E-state index contributed by atoms with van der Waals surface area (Å²) in [5.41, 5.74) is 10.1. The third kappa shape index (κ3) is 3.55.